The lowest BCUT2D eigenvalue weighted by Gasteiger charge is -2.10. The molecular formula is C24H22N2O3S2. The Hall–Kier alpha value is -3.03. The number of para-hydroxylation sites is 1. The van der Waals surface area contributed by atoms with Crippen molar-refractivity contribution >= 4 is 50.5 Å². The molecule has 0 aliphatic rings. The van der Waals surface area contributed by atoms with Gasteiger partial charge in [0.05, 0.1) is 34.3 Å². The number of nitrogens with zero attached hydrogens (tertiary/aromatic N) is 1. The summed E-state index contributed by atoms with van der Waals surface area (Å²) in [6.07, 6.45) is 1.73. The molecule has 31 heavy (non-hydrogen) atoms. The summed E-state index contributed by atoms with van der Waals surface area (Å²) in [5.74, 6) is -0.737. The lowest BCUT2D eigenvalue weighted by atomic mass is 10.1. The number of hydrogen-bond donors (Lipinski definition) is 1. The first-order valence-electron chi connectivity index (χ1n) is 10.0. The van der Waals surface area contributed by atoms with E-state index in [1.54, 1.807) is 17.4 Å². The maximum Gasteiger partial charge on any atom is 0.340 e. The lowest BCUT2D eigenvalue weighted by Crippen LogP contribution is -2.14. The molecule has 0 saturated carbocycles. The van der Waals surface area contributed by atoms with Gasteiger partial charge in [-0.25, -0.2) is 9.78 Å². The van der Waals surface area contributed by atoms with Crippen LogP contribution in [0.25, 0.3) is 21.5 Å². The summed E-state index contributed by atoms with van der Waals surface area (Å²) in [5, 5.41) is 4.21. The average molecular weight is 451 g/mol. The molecule has 3 aromatic heterocycles. The number of pyridine rings is 1. The Labute approximate surface area is 188 Å². The van der Waals surface area contributed by atoms with Gasteiger partial charge in [-0.1, -0.05) is 32.0 Å². The van der Waals surface area contributed by atoms with Gasteiger partial charge in [0, 0.05) is 15.1 Å². The first kappa shape index (κ1) is 21.2. The first-order valence-corrected chi connectivity index (χ1v) is 11.7. The number of thiophene rings is 2. The molecule has 0 atom stereocenters. The van der Waals surface area contributed by atoms with Crippen LogP contribution in [0.3, 0.4) is 0 Å². The van der Waals surface area contributed by atoms with Crippen molar-refractivity contribution in [1.29, 1.82) is 0 Å². The van der Waals surface area contributed by atoms with Crippen LogP contribution in [0.5, 0.6) is 0 Å². The number of carbonyl (C=O) groups is 2. The molecule has 1 aromatic carbocycles. The van der Waals surface area contributed by atoms with E-state index in [-0.39, 0.29) is 5.91 Å². The quantitative estimate of drug-likeness (QED) is 0.356. The smallest absolute Gasteiger partial charge is 0.340 e. The molecule has 1 N–H and O–H groups in total. The average Bonchev–Trinajstić information content (AvgIpc) is 3.44. The Morgan fingerprint density at radius 3 is 2.45 bits per heavy atom. The standard InChI is InChI=1S/C24H22N2O3S2/c1-4-14-10-11-21(30-14)20-13-17(16-8-6-7-9-19(16)25-20)22(27)26-23-18(24(28)29-3)12-15(5-2)31-23/h6-13H,4-5H2,1-3H3,(H,26,27). The zero-order valence-electron chi connectivity index (χ0n) is 17.5. The number of ether oxygens (including phenoxy) is 1. The van der Waals surface area contributed by atoms with E-state index >= 15 is 0 Å². The Balaban J connectivity index is 1.77. The predicted molar refractivity (Wildman–Crippen MR) is 127 cm³/mol. The maximum absolute atomic E-state index is 13.4. The molecule has 0 fully saturated rings. The van der Waals surface area contributed by atoms with Gasteiger partial charge in [0.15, 0.2) is 0 Å². The largest absolute Gasteiger partial charge is 0.465 e. The van der Waals surface area contributed by atoms with E-state index < -0.39 is 5.97 Å². The normalized spacial score (nSPS) is 10.9. The van der Waals surface area contributed by atoms with E-state index in [1.807, 2.05) is 43.3 Å². The molecule has 4 aromatic rings. The van der Waals surface area contributed by atoms with E-state index in [2.05, 4.69) is 18.3 Å². The zero-order valence-corrected chi connectivity index (χ0v) is 19.2. The number of rotatable bonds is 6. The van der Waals surface area contributed by atoms with Crippen LogP contribution in [-0.4, -0.2) is 24.0 Å². The second-order valence-corrected chi connectivity index (χ2v) is 9.25. The van der Waals surface area contributed by atoms with Gasteiger partial charge in [-0.2, -0.15) is 0 Å². The highest BCUT2D eigenvalue weighted by atomic mass is 32.1. The van der Waals surface area contributed by atoms with E-state index in [9.17, 15) is 9.59 Å². The number of anilines is 1. The number of amides is 1. The molecule has 0 aliphatic carbocycles. The van der Waals surface area contributed by atoms with E-state index in [0.29, 0.717) is 16.1 Å². The lowest BCUT2D eigenvalue weighted by molar-refractivity contribution is 0.0602. The highest BCUT2D eigenvalue weighted by Crippen LogP contribution is 2.33. The molecule has 158 valence electrons. The topological polar surface area (TPSA) is 68.3 Å². The van der Waals surface area contributed by atoms with Crippen LogP contribution >= 0.6 is 22.7 Å². The fourth-order valence-electron chi connectivity index (χ4n) is 3.34. The molecule has 0 spiro atoms. The van der Waals surface area contributed by atoms with Gasteiger partial charge < -0.3 is 10.1 Å². The minimum absolute atomic E-state index is 0.276. The summed E-state index contributed by atoms with van der Waals surface area (Å²) in [7, 11) is 1.34. The maximum atomic E-state index is 13.4. The van der Waals surface area contributed by atoms with Gasteiger partial charge in [-0.05, 0) is 43.2 Å². The summed E-state index contributed by atoms with van der Waals surface area (Å²) in [5.41, 5.74) is 2.42. The molecule has 5 nitrogen and oxygen atoms in total. The highest BCUT2D eigenvalue weighted by molar-refractivity contribution is 7.16. The van der Waals surface area contributed by atoms with Crippen LogP contribution in [0.15, 0.2) is 48.5 Å². The van der Waals surface area contributed by atoms with Gasteiger partial charge >= 0.3 is 5.97 Å². The third kappa shape index (κ3) is 4.24. The number of carbonyl (C=O) groups excluding carboxylic acids is 2. The summed E-state index contributed by atoms with van der Waals surface area (Å²) in [4.78, 5) is 33.6. The van der Waals surface area contributed by atoms with Crippen LogP contribution in [-0.2, 0) is 17.6 Å². The van der Waals surface area contributed by atoms with Crippen molar-refractivity contribution in [2.75, 3.05) is 12.4 Å². The van der Waals surface area contributed by atoms with E-state index in [1.165, 1.54) is 23.3 Å². The summed E-state index contributed by atoms with van der Waals surface area (Å²) < 4.78 is 4.89. The van der Waals surface area contributed by atoms with Gasteiger partial charge in [-0.3, -0.25) is 4.79 Å². The molecule has 0 radical (unpaired) electrons. The summed E-state index contributed by atoms with van der Waals surface area (Å²) >= 11 is 3.07. The van der Waals surface area contributed by atoms with Crippen molar-refractivity contribution in [2.24, 2.45) is 0 Å². The van der Waals surface area contributed by atoms with Crippen molar-refractivity contribution in [2.45, 2.75) is 26.7 Å². The number of nitrogens with one attached hydrogen (secondary N) is 1. The Morgan fingerprint density at radius 2 is 1.74 bits per heavy atom. The number of hydrogen-bond acceptors (Lipinski definition) is 6. The molecule has 0 bridgehead atoms. The van der Waals surface area contributed by atoms with Crippen molar-refractivity contribution in [3.8, 4) is 10.6 Å². The fraction of sp³-hybridized carbons (Fsp3) is 0.208. The van der Waals surface area contributed by atoms with Crippen LogP contribution in [0.4, 0.5) is 5.00 Å². The van der Waals surface area contributed by atoms with Crippen molar-refractivity contribution < 1.29 is 14.3 Å². The second kappa shape index (κ2) is 8.99. The predicted octanol–water partition coefficient (Wildman–Crippen LogP) is 6.19. The fourth-order valence-corrected chi connectivity index (χ4v) is 5.22. The SMILES string of the molecule is CCc1ccc(-c2cc(C(=O)Nc3sc(CC)cc3C(=O)OC)c3ccccc3n2)s1. The third-order valence-electron chi connectivity index (χ3n) is 4.99. The first-order chi connectivity index (χ1) is 15.0. The van der Waals surface area contributed by atoms with Gasteiger partial charge in [0.2, 0.25) is 0 Å². The number of methoxy groups -OCH3 is 1. The number of aromatic nitrogens is 1. The van der Waals surface area contributed by atoms with E-state index in [0.717, 1.165) is 39.2 Å². The summed E-state index contributed by atoms with van der Waals surface area (Å²) in [6, 6.07) is 15.3. The molecule has 3 heterocycles. The Bertz CT molecular complexity index is 1270. The number of aryl methyl sites for hydroxylation is 2. The van der Waals surface area contributed by atoms with Gasteiger partial charge in [0.25, 0.3) is 5.91 Å². The van der Waals surface area contributed by atoms with Crippen molar-refractivity contribution in [1.82, 2.24) is 4.98 Å². The van der Waals surface area contributed by atoms with Crippen LogP contribution in [0.2, 0.25) is 0 Å². The Kier molecular flexibility index (Phi) is 6.15. The molecular weight excluding hydrogens is 428 g/mol. The Morgan fingerprint density at radius 1 is 0.968 bits per heavy atom. The van der Waals surface area contributed by atoms with Crippen molar-refractivity contribution in [3.63, 3.8) is 0 Å². The van der Waals surface area contributed by atoms with Crippen LogP contribution < -0.4 is 5.32 Å². The monoisotopic (exact) mass is 450 g/mol. The molecule has 0 aliphatic heterocycles. The van der Waals surface area contributed by atoms with Gasteiger partial charge in [-0.15, -0.1) is 22.7 Å². The molecule has 1 amide bonds. The highest BCUT2D eigenvalue weighted by Gasteiger charge is 2.21. The molecule has 0 unspecified atom stereocenters. The number of benzene rings is 1. The summed E-state index contributed by atoms with van der Waals surface area (Å²) in [6.45, 7) is 4.12. The van der Waals surface area contributed by atoms with Crippen LogP contribution in [0.1, 0.15) is 44.3 Å². The second-order valence-electron chi connectivity index (χ2n) is 6.95. The van der Waals surface area contributed by atoms with Crippen LogP contribution in [0, 0.1) is 0 Å². The molecule has 7 heteroatoms. The molecule has 0 saturated heterocycles. The van der Waals surface area contributed by atoms with E-state index in [4.69, 9.17) is 9.72 Å². The molecule has 4 rings (SSSR count). The minimum Gasteiger partial charge on any atom is -0.465 e. The number of fused-ring (bicyclic) bond motifs is 1. The third-order valence-corrected chi connectivity index (χ3v) is 7.43. The number of esters is 1. The van der Waals surface area contributed by atoms with Gasteiger partial charge in [0.1, 0.15) is 5.00 Å². The van der Waals surface area contributed by atoms with Crippen molar-refractivity contribution in [3.05, 3.63) is 69.4 Å². The zero-order chi connectivity index (χ0) is 22.0. The minimum atomic E-state index is -0.461.